The number of likely N-dealkylation sites (tertiary alicyclic amines) is 1. The highest BCUT2D eigenvalue weighted by Crippen LogP contribution is 2.21. The van der Waals surface area contributed by atoms with E-state index in [4.69, 9.17) is 4.52 Å². The predicted molar refractivity (Wildman–Crippen MR) is 73.1 cm³/mol. The highest BCUT2D eigenvalue weighted by atomic mass is 16.5. The van der Waals surface area contributed by atoms with Crippen LogP contribution in [0.15, 0.2) is 4.52 Å². The van der Waals surface area contributed by atoms with Gasteiger partial charge in [0, 0.05) is 19.5 Å². The van der Waals surface area contributed by atoms with Gasteiger partial charge in [0.2, 0.25) is 5.89 Å². The molecule has 0 bridgehead atoms. The van der Waals surface area contributed by atoms with Crippen molar-refractivity contribution in [1.29, 1.82) is 0 Å². The van der Waals surface area contributed by atoms with E-state index in [1.807, 2.05) is 0 Å². The van der Waals surface area contributed by atoms with Gasteiger partial charge in [0.05, 0.1) is 5.92 Å². The van der Waals surface area contributed by atoms with Gasteiger partial charge in [-0.05, 0) is 45.3 Å². The summed E-state index contributed by atoms with van der Waals surface area (Å²) < 4.78 is 5.42. The van der Waals surface area contributed by atoms with Crippen LogP contribution in [0.5, 0.6) is 0 Å². The largest absolute Gasteiger partial charge is 0.339 e. The summed E-state index contributed by atoms with van der Waals surface area (Å²) in [5, 5.41) is 7.53. The van der Waals surface area contributed by atoms with E-state index >= 15 is 0 Å². The third-order valence-electron chi connectivity index (χ3n) is 4.23. The van der Waals surface area contributed by atoms with Crippen LogP contribution in [0.2, 0.25) is 0 Å². The zero-order valence-electron chi connectivity index (χ0n) is 11.6. The van der Waals surface area contributed by atoms with Gasteiger partial charge in [-0.15, -0.1) is 0 Å². The third kappa shape index (κ3) is 3.54. The van der Waals surface area contributed by atoms with Gasteiger partial charge in [0.25, 0.3) is 0 Å². The summed E-state index contributed by atoms with van der Waals surface area (Å²) in [6, 6.07) is 0. The normalized spacial score (nSPS) is 25.6. The molecule has 0 saturated carbocycles. The Morgan fingerprint density at radius 2 is 2.11 bits per heavy atom. The zero-order chi connectivity index (χ0) is 12.9. The van der Waals surface area contributed by atoms with Crippen molar-refractivity contribution >= 4 is 0 Å². The molecule has 0 amide bonds. The van der Waals surface area contributed by atoms with Gasteiger partial charge >= 0.3 is 0 Å². The molecule has 5 nitrogen and oxygen atoms in total. The van der Waals surface area contributed by atoms with Crippen molar-refractivity contribution in [1.82, 2.24) is 20.4 Å². The second-order valence-corrected chi connectivity index (χ2v) is 5.74. The van der Waals surface area contributed by atoms with E-state index in [0.717, 1.165) is 37.8 Å². The van der Waals surface area contributed by atoms with E-state index in [-0.39, 0.29) is 0 Å². The van der Waals surface area contributed by atoms with Crippen LogP contribution in [-0.4, -0.2) is 47.8 Å². The predicted octanol–water partition coefficient (Wildman–Crippen LogP) is 1.57. The van der Waals surface area contributed by atoms with Crippen LogP contribution in [0.4, 0.5) is 0 Å². The van der Waals surface area contributed by atoms with Gasteiger partial charge in [0.15, 0.2) is 5.82 Å². The summed E-state index contributed by atoms with van der Waals surface area (Å²) in [6.45, 7) is 5.64. The Kier molecular flexibility index (Phi) is 4.45. The molecule has 5 heteroatoms. The lowest BCUT2D eigenvalue weighted by molar-refractivity contribution is 0.229. The van der Waals surface area contributed by atoms with Crippen LogP contribution >= 0.6 is 0 Å². The van der Waals surface area contributed by atoms with Crippen molar-refractivity contribution in [2.24, 2.45) is 0 Å². The van der Waals surface area contributed by atoms with Crippen LogP contribution in [0, 0.1) is 0 Å². The summed E-state index contributed by atoms with van der Waals surface area (Å²) in [7, 11) is 0. The molecule has 1 N–H and O–H groups in total. The molecule has 2 aliphatic rings. The van der Waals surface area contributed by atoms with Crippen molar-refractivity contribution in [2.45, 2.75) is 44.4 Å². The number of rotatable bonds is 4. The second-order valence-electron chi connectivity index (χ2n) is 5.74. The van der Waals surface area contributed by atoms with Crippen LogP contribution in [-0.2, 0) is 6.42 Å². The van der Waals surface area contributed by atoms with Gasteiger partial charge in [-0.3, -0.25) is 0 Å². The first kappa shape index (κ1) is 13.1. The van der Waals surface area contributed by atoms with Crippen molar-refractivity contribution in [2.75, 3.05) is 32.7 Å². The number of piperidine rings is 2. The topological polar surface area (TPSA) is 54.2 Å². The second kappa shape index (κ2) is 6.48. The molecule has 2 saturated heterocycles. The quantitative estimate of drug-likeness (QED) is 0.894. The number of nitrogens with zero attached hydrogens (tertiary/aromatic N) is 3. The zero-order valence-corrected chi connectivity index (χ0v) is 11.6. The molecule has 0 radical (unpaired) electrons. The monoisotopic (exact) mass is 264 g/mol. The summed E-state index contributed by atoms with van der Waals surface area (Å²) in [5.41, 5.74) is 0. The van der Waals surface area contributed by atoms with Crippen molar-refractivity contribution < 1.29 is 4.52 Å². The highest BCUT2D eigenvalue weighted by molar-refractivity contribution is 4.97. The van der Waals surface area contributed by atoms with E-state index in [0.29, 0.717) is 5.92 Å². The van der Waals surface area contributed by atoms with Crippen LogP contribution in [0.1, 0.15) is 49.7 Å². The minimum absolute atomic E-state index is 0.421. The van der Waals surface area contributed by atoms with Crippen molar-refractivity contribution in [3.63, 3.8) is 0 Å². The molecule has 1 atom stereocenters. The summed E-state index contributed by atoms with van der Waals surface area (Å²) in [5.74, 6) is 2.14. The minimum atomic E-state index is 0.421. The van der Waals surface area contributed by atoms with Crippen LogP contribution in [0.25, 0.3) is 0 Å². The average Bonchev–Trinajstić information content (AvgIpc) is 2.96. The summed E-state index contributed by atoms with van der Waals surface area (Å²) in [6.07, 6.45) is 7.36. The molecule has 1 unspecified atom stereocenters. The first-order valence-electron chi connectivity index (χ1n) is 7.67. The highest BCUT2D eigenvalue weighted by Gasteiger charge is 2.21. The van der Waals surface area contributed by atoms with Crippen molar-refractivity contribution in [3.05, 3.63) is 11.7 Å². The number of hydrogen-bond acceptors (Lipinski definition) is 5. The first-order valence-corrected chi connectivity index (χ1v) is 7.67. The Morgan fingerprint density at radius 3 is 2.89 bits per heavy atom. The summed E-state index contributed by atoms with van der Waals surface area (Å²) >= 11 is 0. The lowest BCUT2D eigenvalue weighted by Gasteiger charge is -2.25. The Morgan fingerprint density at radius 1 is 1.21 bits per heavy atom. The van der Waals surface area contributed by atoms with Gasteiger partial charge in [-0.1, -0.05) is 11.6 Å². The van der Waals surface area contributed by atoms with Crippen LogP contribution < -0.4 is 5.32 Å². The summed E-state index contributed by atoms with van der Waals surface area (Å²) in [4.78, 5) is 7.09. The number of nitrogens with one attached hydrogen (secondary N) is 1. The molecule has 2 fully saturated rings. The Labute approximate surface area is 114 Å². The smallest absolute Gasteiger partial charge is 0.231 e. The molecule has 1 aromatic rings. The maximum Gasteiger partial charge on any atom is 0.231 e. The van der Waals surface area contributed by atoms with Crippen LogP contribution in [0.3, 0.4) is 0 Å². The number of hydrogen-bond donors (Lipinski definition) is 1. The molecule has 19 heavy (non-hydrogen) atoms. The Balaban J connectivity index is 1.49. The molecule has 106 valence electrons. The Bertz CT molecular complexity index is 381. The molecular weight excluding hydrogens is 240 g/mol. The maximum absolute atomic E-state index is 5.42. The molecule has 0 spiro atoms. The fraction of sp³-hybridized carbons (Fsp3) is 0.857. The van der Waals surface area contributed by atoms with E-state index in [1.54, 1.807) is 0 Å². The molecule has 0 aliphatic carbocycles. The molecule has 0 aromatic carbocycles. The van der Waals surface area contributed by atoms with Gasteiger partial charge in [0.1, 0.15) is 0 Å². The molecular formula is C14H24N4O. The van der Waals surface area contributed by atoms with Gasteiger partial charge < -0.3 is 14.7 Å². The lowest BCUT2D eigenvalue weighted by atomic mass is 10.00. The first-order chi connectivity index (χ1) is 9.42. The fourth-order valence-electron chi connectivity index (χ4n) is 3.04. The maximum atomic E-state index is 5.42. The lowest BCUT2D eigenvalue weighted by Crippen LogP contribution is -2.31. The molecule has 1 aromatic heterocycles. The average molecular weight is 264 g/mol. The SMILES string of the molecule is C1CCN(CCc2noc(C3CCCNC3)n2)CC1. The van der Waals surface area contributed by atoms with Gasteiger partial charge in [-0.2, -0.15) is 4.98 Å². The standard InChI is InChI=1S/C14H24N4O/c1-2-8-18(9-3-1)10-6-13-16-14(19-17-13)12-5-4-7-15-11-12/h12,15H,1-11H2. The third-order valence-corrected chi connectivity index (χ3v) is 4.23. The number of aromatic nitrogens is 2. The van der Waals surface area contributed by atoms with Gasteiger partial charge in [-0.25, -0.2) is 0 Å². The van der Waals surface area contributed by atoms with E-state index < -0.39 is 0 Å². The molecule has 2 aliphatic heterocycles. The molecule has 3 rings (SSSR count). The Hall–Kier alpha value is -0.940. The van der Waals surface area contributed by atoms with Crippen molar-refractivity contribution in [3.8, 4) is 0 Å². The van der Waals surface area contributed by atoms with E-state index in [2.05, 4.69) is 20.4 Å². The fourth-order valence-corrected chi connectivity index (χ4v) is 3.04. The van der Waals surface area contributed by atoms with E-state index in [1.165, 1.54) is 45.2 Å². The van der Waals surface area contributed by atoms with E-state index in [9.17, 15) is 0 Å². The minimum Gasteiger partial charge on any atom is -0.339 e. The molecule has 3 heterocycles.